The summed E-state index contributed by atoms with van der Waals surface area (Å²) in [7, 11) is 3.80. The number of aldehydes is 1. The molecular weight excluding hydrogens is 472 g/mol. The number of methoxy groups -OCH3 is 3. The first kappa shape index (κ1) is 28.0. The zero-order chi connectivity index (χ0) is 26.3. The summed E-state index contributed by atoms with van der Waals surface area (Å²) in [6.07, 6.45) is 0.689. The van der Waals surface area contributed by atoms with E-state index in [4.69, 9.17) is 23.7 Å². The zero-order valence-corrected chi connectivity index (χ0v) is 20.5. The highest BCUT2D eigenvalue weighted by Gasteiger charge is 2.20. The monoisotopic (exact) mass is 502 g/mol. The van der Waals surface area contributed by atoms with Crippen LogP contribution in [0.5, 0.6) is 11.5 Å². The van der Waals surface area contributed by atoms with Gasteiger partial charge in [0.15, 0.2) is 0 Å². The highest BCUT2D eigenvalue weighted by atomic mass is 16.5. The third kappa shape index (κ3) is 8.49. The highest BCUT2D eigenvalue weighted by molar-refractivity contribution is 5.82. The van der Waals surface area contributed by atoms with E-state index in [1.165, 1.54) is 26.2 Å². The Labute approximate surface area is 209 Å². The number of esters is 3. The van der Waals surface area contributed by atoms with Crippen LogP contribution in [-0.2, 0) is 33.4 Å². The fraction of sp³-hybridized carbons (Fsp3) is 0.360. The van der Waals surface area contributed by atoms with Gasteiger partial charge >= 0.3 is 17.9 Å². The maximum Gasteiger partial charge on any atom is 0.325 e. The van der Waals surface area contributed by atoms with Gasteiger partial charge in [0, 0.05) is 0 Å². The van der Waals surface area contributed by atoms with E-state index in [0.29, 0.717) is 29.2 Å². The SMILES string of the molecule is COC(=O)CN(CC=O)c1ccccc1OCCOc1ccccc1N(CC(=O)OC)CC(=O)OC. The largest absolute Gasteiger partial charge is 0.488 e. The van der Waals surface area contributed by atoms with Crippen LogP contribution >= 0.6 is 0 Å². The quantitative estimate of drug-likeness (QED) is 0.152. The van der Waals surface area contributed by atoms with E-state index in [1.54, 1.807) is 53.4 Å². The molecule has 0 unspecified atom stereocenters. The molecule has 2 rings (SSSR count). The molecule has 0 aliphatic heterocycles. The van der Waals surface area contributed by atoms with Crippen LogP contribution in [-0.4, -0.2) is 84.9 Å². The maximum atomic E-state index is 11.9. The molecule has 2 aromatic carbocycles. The van der Waals surface area contributed by atoms with Gasteiger partial charge < -0.3 is 38.3 Å². The Hall–Kier alpha value is -4.28. The van der Waals surface area contributed by atoms with Crippen molar-refractivity contribution < 1.29 is 42.9 Å². The second kappa shape index (κ2) is 14.9. The van der Waals surface area contributed by atoms with Gasteiger partial charge in [-0.25, -0.2) is 0 Å². The number of rotatable bonds is 15. The van der Waals surface area contributed by atoms with E-state index in [1.807, 2.05) is 0 Å². The van der Waals surface area contributed by atoms with Crippen molar-refractivity contribution in [1.29, 1.82) is 0 Å². The molecule has 11 nitrogen and oxygen atoms in total. The van der Waals surface area contributed by atoms with Gasteiger partial charge in [-0.3, -0.25) is 14.4 Å². The Morgan fingerprint density at radius 2 is 1.06 bits per heavy atom. The zero-order valence-electron chi connectivity index (χ0n) is 20.5. The predicted octanol–water partition coefficient (Wildman–Crippen LogP) is 1.48. The van der Waals surface area contributed by atoms with Gasteiger partial charge in [-0.15, -0.1) is 0 Å². The van der Waals surface area contributed by atoms with E-state index in [2.05, 4.69) is 0 Å². The number of hydrogen-bond acceptors (Lipinski definition) is 11. The highest BCUT2D eigenvalue weighted by Crippen LogP contribution is 2.29. The summed E-state index contributed by atoms with van der Waals surface area (Å²) in [4.78, 5) is 49.7. The number of carbonyl (C=O) groups excluding carboxylic acids is 4. The van der Waals surface area contributed by atoms with Crippen LogP contribution in [0.2, 0.25) is 0 Å². The van der Waals surface area contributed by atoms with Crippen molar-refractivity contribution in [3.05, 3.63) is 48.5 Å². The summed E-state index contributed by atoms with van der Waals surface area (Å²) in [6, 6.07) is 13.9. The summed E-state index contributed by atoms with van der Waals surface area (Å²) in [5, 5.41) is 0. The third-order valence-corrected chi connectivity index (χ3v) is 4.95. The molecule has 0 radical (unpaired) electrons. The second-order valence-electron chi connectivity index (χ2n) is 7.26. The van der Waals surface area contributed by atoms with E-state index in [9.17, 15) is 19.2 Å². The van der Waals surface area contributed by atoms with Crippen LogP contribution in [0.25, 0.3) is 0 Å². The Balaban J connectivity index is 2.10. The predicted molar refractivity (Wildman–Crippen MR) is 130 cm³/mol. The molecule has 0 fully saturated rings. The number of carbonyl (C=O) groups is 4. The molecule has 0 aliphatic carbocycles. The topological polar surface area (TPSA) is 121 Å². The van der Waals surface area contributed by atoms with Crippen LogP contribution in [0, 0.1) is 0 Å². The molecule has 0 aliphatic rings. The van der Waals surface area contributed by atoms with Crippen molar-refractivity contribution in [3.8, 4) is 11.5 Å². The van der Waals surface area contributed by atoms with Crippen molar-refractivity contribution in [2.24, 2.45) is 0 Å². The standard InChI is InChI=1S/C25H30N2O9/c1-32-23(29)16-26(12-13-28)19-8-4-6-10-21(19)35-14-15-36-22-11-7-5-9-20(22)27(17-24(30)33-2)18-25(31)34-3/h4-11,13H,12,14-18H2,1-3H3. The fourth-order valence-electron chi connectivity index (χ4n) is 3.21. The molecule has 0 spiro atoms. The summed E-state index contributed by atoms with van der Waals surface area (Å²) in [5.74, 6) is -0.662. The van der Waals surface area contributed by atoms with E-state index in [-0.39, 0.29) is 39.4 Å². The normalized spacial score (nSPS) is 10.1. The molecule has 0 heterocycles. The van der Waals surface area contributed by atoms with Crippen molar-refractivity contribution >= 4 is 35.6 Å². The second-order valence-corrected chi connectivity index (χ2v) is 7.26. The summed E-state index contributed by atoms with van der Waals surface area (Å²) in [5.41, 5.74) is 1.06. The lowest BCUT2D eigenvalue weighted by Crippen LogP contribution is -2.36. The minimum Gasteiger partial charge on any atom is -0.488 e. The summed E-state index contributed by atoms with van der Waals surface area (Å²) >= 11 is 0. The molecule has 0 N–H and O–H groups in total. The smallest absolute Gasteiger partial charge is 0.325 e. The van der Waals surface area contributed by atoms with Gasteiger partial charge in [-0.05, 0) is 24.3 Å². The number of anilines is 2. The van der Waals surface area contributed by atoms with Crippen LogP contribution in [0.15, 0.2) is 48.5 Å². The molecule has 0 amide bonds. The average molecular weight is 503 g/mol. The number of para-hydroxylation sites is 4. The molecule has 0 bridgehead atoms. The van der Waals surface area contributed by atoms with Crippen molar-refractivity contribution in [1.82, 2.24) is 0 Å². The van der Waals surface area contributed by atoms with Gasteiger partial charge in [0.25, 0.3) is 0 Å². The molecule has 194 valence electrons. The Kier molecular flexibility index (Phi) is 11.5. The molecule has 0 aromatic heterocycles. The lowest BCUT2D eigenvalue weighted by Gasteiger charge is -2.25. The fourth-order valence-corrected chi connectivity index (χ4v) is 3.21. The van der Waals surface area contributed by atoms with Gasteiger partial charge in [-0.2, -0.15) is 0 Å². The van der Waals surface area contributed by atoms with Gasteiger partial charge in [-0.1, -0.05) is 24.3 Å². The molecule has 0 saturated carbocycles. The van der Waals surface area contributed by atoms with Crippen LogP contribution in [0.1, 0.15) is 0 Å². The summed E-state index contributed by atoms with van der Waals surface area (Å²) in [6.45, 7) is -0.233. The first-order valence-electron chi connectivity index (χ1n) is 11.0. The first-order valence-corrected chi connectivity index (χ1v) is 11.0. The molecule has 0 atom stereocenters. The molecule has 11 heteroatoms. The Morgan fingerprint density at radius 3 is 1.47 bits per heavy atom. The molecule has 2 aromatic rings. The van der Waals surface area contributed by atoms with Gasteiger partial charge in [0.2, 0.25) is 0 Å². The molecule has 0 saturated heterocycles. The Bertz CT molecular complexity index is 1010. The lowest BCUT2D eigenvalue weighted by atomic mass is 10.2. The van der Waals surface area contributed by atoms with E-state index in [0.717, 1.165) is 0 Å². The van der Waals surface area contributed by atoms with Crippen molar-refractivity contribution in [2.75, 3.05) is 70.5 Å². The molecule has 36 heavy (non-hydrogen) atoms. The van der Waals surface area contributed by atoms with Gasteiger partial charge in [0.05, 0.1) is 39.2 Å². The number of hydrogen-bond donors (Lipinski definition) is 0. The van der Waals surface area contributed by atoms with Crippen LogP contribution < -0.4 is 19.3 Å². The minimum atomic E-state index is -0.527. The van der Waals surface area contributed by atoms with E-state index >= 15 is 0 Å². The van der Waals surface area contributed by atoms with Crippen LogP contribution in [0.4, 0.5) is 11.4 Å². The minimum absolute atomic E-state index is 0.0183. The third-order valence-electron chi connectivity index (χ3n) is 4.95. The molecular formula is C25H30N2O9. The first-order chi connectivity index (χ1) is 17.4. The maximum absolute atomic E-state index is 11.9. The number of ether oxygens (including phenoxy) is 5. The van der Waals surface area contributed by atoms with Crippen molar-refractivity contribution in [3.63, 3.8) is 0 Å². The Morgan fingerprint density at radius 1 is 0.667 bits per heavy atom. The van der Waals surface area contributed by atoms with E-state index < -0.39 is 17.9 Å². The van der Waals surface area contributed by atoms with Crippen LogP contribution in [0.3, 0.4) is 0 Å². The van der Waals surface area contributed by atoms with Gasteiger partial charge in [0.1, 0.15) is 50.6 Å². The lowest BCUT2D eigenvalue weighted by molar-refractivity contribution is -0.141. The number of benzene rings is 2. The average Bonchev–Trinajstić information content (AvgIpc) is 2.90. The summed E-state index contributed by atoms with van der Waals surface area (Å²) < 4.78 is 25.9. The van der Waals surface area contributed by atoms with Crippen molar-refractivity contribution in [2.45, 2.75) is 0 Å². The number of nitrogens with zero attached hydrogens (tertiary/aromatic N) is 2.